The van der Waals surface area contributed by atoms with Gasteiger partial charge >= 0.3 is 0 Å². The minimum absolute atomic E-state index is 0.367. The van der Waals surface area contributed by atoms with E-state index in [9.17, 15) is 0 Å². The summed E-state index contributed by atoms with van der Waals surface area (Å²) in [6.07, 6.45) is 7.69. The number of hydrogen-bond acceptors (Lipinski definition) is 2. The van der Waals surface area contributed by atoms with Gasteiger partial charge in [-0.25, -0.2) is 4.98 Å². The Morgan fingerprint density at radius 3 is 3.31 bits per heavy atom. The van der Waals surface area contributed by atoms with Crippen LogP contribution in [0.25, 0.3) is 5.52 Å². The Balaban J connectivity index is 1.94. The maximum Gasteiger partial charge on any atom is 0.115 e. The number of ether oxygens (including phenoxy) is 1. The predicted molar refractivity (Wildman–Crippen MR) is 62.6 cm³/mol. The van der Waals surface area contributed by atoms with E-state index in [4.69, 9.17) is 4.74 Å². The number of rotatable bonds is 2. The van der Waals surface area contributed by atoms with Crippen LogP contribution in [0.15, 0.2) is 24.5 Å². The molecule has 1 aliphatic heterocycles. The zero-order valence-corrected chi connectivity index (χ0v) is 9.52. The van der Waals surface area contributed by atoms with Gasteiger partial charge in [-0.2, -0.15) is 0 Å². The molecule has 2 aromatic rings. The number of hydrogen-bond donors (Lipinski definition) is 0. The Morgan fingerprint density at radius 2 is 2.50 bits per heavy atom. The second-order valence-corrected chi connectivity index (χ2v) is 4.46. The van der Waals surface area contributed by atoms with Crippen LogP contribution in [0.5, 0.6) is 0 Å². The molecule has 3 heteroatoms. The maximum atomic E-state index is 5.65. The van der Waals surface area contributed by atoms with Crippen molar-refractivity contribution in [1.29, 1.82) is 0 Å². The number of aryl methyl sites for hydroxylation is 1. The van der Waals surface area contributed by atoms with Crippen molar-refractivity contribution in [2.75, 3.05) is 6.61 Å². The van der Waals surface area contributed by atoms with E-state index in [-0.39, 0.29) is 0 Å². The Hall–Kier alpha value is -1.35. The molecule has 0 bridgehead atoms. The zero-order chi connectivity index (χ0) is 11.0. The highest BCUT2D eigenvalue weighted by molar-refractivity contribution is 5.53. The van der Waals surface area contributed by atoms with E-state index in [0.29, 0.717) is 6.10 Å². The van der Waals surface area contributed by atoms with Gasteiger partial charge < -0.3 is 9.14 Å². The third-order valence-electron chi connectivity index (χ3n) is 3.29. The Labute approximate surface area is 95.1 Å². The fourth-order valence-electron chi connectivity index (χ4n) is 2.38. The molecule has 3 heterocycles. The molecule has 2 aromatic heterocycles. The summed E-state index contributed by atoms with van der Waals surface area (Å²) in [6, 6.07) is 4.19. The lowest BCUT2D eigenvalue weighted by molar-refractivity contribution is 0.110. The second kappa shape index (κ2) is 3.91. The highest BCUT2D eigenvalue weighted by Gasteiger charge is 2.18. The average Bonchev–Trinajstić information content (AvgIpc) is 2.90. The molecule has 0 radical (unpaired) electrons. The van der Waals surface area contributed by atoms with Gasteiger partial charge in [-0.1, -0.05) is 6.07 Å². The Bertz CT molecular complexity index is 498. The van der Waals surface area contributed by atoms with Gasteiger partial charge in [0, 0.05) is 19.2 Å². The van der Waals surface area contributed by atoms with Crippen molar-refractivity contribution in [2.24, 2.45) is 0 Å². The molecule has 0 amide bonds. The van der Waals surface area contributed by atoms with Crippen LogP contribution in [0.1, 0.15) is 24.2 Å². The van der Waals surface area contributed by atoms with E-state index in [0.717, 1.165) is 18.9 Å². The van der Waals surface area contributed by atoms with Gasteiger partial charge in [-0.3, -0.25) is 0 Å². The lowest BCUT2D eigenvalue weighted by Crippen LogP contribution is -2.11. The molecule has 0 N–H and O–H groups in total. The van der Waals surface area contributed by atoms with Crippen LogP contribution in [0.3, 0.4) is 0 Å². The van der Waals surface area contributed by atoms with Crippen LogP contribution < -0.4 is 0 Å². The number of nitrogens with zero attached hydrogens (tertiary/aromatic N) is 2. The van der Waals surface area contributed by atoms with Crippen molar-refractivity contribution in [3.8, 4) is 0 Å². The van der Waals surface area contributed by atoms with Gasteiger partial charge in [-0.05, 0) is 31.4 Å². The van der Waals surface area contributed by atoms with Crippen LogP contribution >= 0.6 is 0 Å². The molecule has 3 nitrogen and oxygen atoms in total. The largest absolute Gasteiger partial charge is 0.378 e. The molecule has 1 aliphatic rings. The standard InChI is InChI=1S/C13H16N2O/c1-10-4-2-6-15-12(10)9-14-13(15)8-11-5-3-7-16-11/h2,4,6,9,11H,3,5,7-8H2,1H3. The molecule has 0 aromatic carbocycles. The van der Waals surface area contributed by atoms with Crippen LogP contribution in [0.4, 0.5) is 0 Å². The third kappa shape index (κ3) is 1.61. The van der Waals surface area contributed by atoms with Gasteiger partial charge in [0.25, 0.3) is 0 Å². The molecule has 1 fully saturated rings. The van der Waals surface area contributed by atoms with Crippen LogP contribution in [-0.2, 0) is 11.2 Å². The summed E-state index contributed by atoms with van der Waals surface area (Å²) >= 11 is 0. The molecule has 1 saturated heterocycles. The molecule has 0 spiro atoms. The first-order chi connectivity index (χ1) is 7.84. The fourth-order valence-corrected chi connectivity index (χ4v) is 2.38. The number of imidazole rings is 1. The lowest BCUT2D eigenvalue weighted by Gasteiger charge is -2.08. The number of pyridine rings is 1. The average molecular weight is 216 g/mol. The first-order valence-electron chi connectivity index (χ1n) is 5.88. The molecule has 3 rings (SSSR count). The van der Waals surface area contributed by atoms with Crippen LogP contribution in [-0.4, -0.2) is 22.1 Å². The summed E-state index contributed by atoms with van der Waals surface area (Å²) in [7, 11) is 0. The second-order valence-electron chi connectivity index (χ2n) is 4.46. The molecular formula is C13H16N2O. The lowest BCUT2D eigenvalue weighted by atomic mass is 10.2. The van der Waals surface area contributed by atoms with Gasteiger partial charge in [0.15, 0.2) is 0 Å². The minimum atomic E-state index is 0.367. The number of fused-ring (bicyclic) bond motifs is 1. The first-order valence-corrected chi connectivity index (χ1v) is 5.88. The monoisotopic (exact) mass is 216 g/mol. The summed E-state index contributed by atoms with van der Waals surface area (Å²) in [4.78, 5) is 4.50. The molecule has 84 valence electrons. The molecular weight excluding hydrogens is 200 g/mol. The SMILES string of the molecule is Cc1cccn2c(CC3CCCO3)ncc12. The van der Waals surface area contributed by atoms with Crippen molar-refractivity contribution >= 4 is 5.52 Å². The van der Waals surface area contributed by atoms with Crippen molar-refractivity contribution in [3.63, 3.8) is 0 Å². The van der Waals surface area contributed by atoms with Gasteiger partial charge in [-0.15, -0.1) is 0 Å². The molecule has 1 atom stereocenters. The molecule has 1 unspecified atom stereocenters. The summed E-state index contributed by atoms with van der Waals surface area (Å²) < 4.78 is 7.83. The fraction of sp³-hybridized carbons (Fsp3) is 0.462. The maximum absolute atomic E-state index is 5.65. The summed E-state index contributed by atoms with van der Waals surface area (Å²) in [5, 5.41) is 0. The molecule has 16 heavy (non-hydrogen) atoms. The Kier molecular flexibility index (Phi) is 2.40. The first kappa shape index (κ1) is 9.85. The van der Waals surface area contributed by atoms with Gasteiger partial charge in [0.1, 0.15) is 5.82 Å². The van der Waals surface area contributed by atoms with E-state index in [1.165, 1.54) is 23.9 Å². The number of aromatic nitrogens is 2. The predicted octanol–water partition coefficient (Wildman–Crippen LogP) is 2.36. The third-order valence-corrected chi connectivity index (χ3v) is 3.29. The van der Waals surface area contributed by atoms with Gasteiger partial charge in [0.05, 0.1) is 17.8 Å². The van der Waals surface area contributed by atoms with E-state index in [2.05, 4.69) is 34.6 Å². The van der Waals surface area contributed by atoms with Crippen molar-refractivity contribution < 1.29 is 4.74 Å². The van der Waals surface area contributed by atoms with E-state index in [1.807, 2.05) is 6.20 Å². The van der Waals surface area contributed by atoms with Crippen molar-refractivity contribution in [2.45, 2.75) is 32.3 Å². The van der Waals surface area contributed by atoms with E-state index < -0.39 is 0 Å². The zero-order valence-electron chi connectivity index (χ0n) is 9.52. The normalized spacial score (nSPS) is 20.7. The minimum Gasteiger partial charge on any atom is -0.378 e. The summed E-state index contributed by atoms with van der Waals surface area (Å²) in [5.41, 5.74) is 2.48. The highest BCUT2D eigenvalue weighted by Crippen LogP contribution is 2.18. The quantitative estimate of drug-likeness (QED) is 0.770. The highest BCUT2D eigenvalue weighted by atomic mass is 16.5. The van der Waals surface area contributed by atoms with Crippen molar-refractivity contribution in [3.05, 3.63) is 35.9 Å². The summed E-state index contributed by atoms with van der Waals surface area (Å²) in [6.45, 7) is 3.03. The van der Waals surface area contributed by atoms with Gasteiger partial charge in [0.2, 0.25) is 0 Å². The van der Waals surface area contributed by atoms with Crippen LogP contribution in [0, 0.1) is 6.92 Å². The summed E-state index contributed by atoms with van der Waals surface area (Å²) in [5.74, 6) is 1.12. The van der Waals surface area contributed by atoms with Crippen LogP contribution in [0.2, 0.25) is 0 Å². The van der Waals surface area contributed by atoms with Crippen molar-refractivity contribution in [1.82, 2.24) is 9.38 Å². The van der Waals surface area contributed by atoms with E-state index >= 15 is 0 Å². The topological polar surface area (TPSA) is 26.5 Å². The van der Waals surface area contributed by atoms with E-state index in [1.54, 1.807) is 0 Å². The molecule has 0 aliphatic carbocycles. The smallest absolute Gasteiger partial charge is 0.115 e. The Morgan fingerprint density at radius 1 is 1.56 bits per heavy atom. The molecule has 0 saturated carbocycles.